The molecule has 0 amide bonds. The molecule has 0 aromatic carbocycles. The van der Waals surface area contributed by atoms with Gasteiger partial charge in [-0.2, -0.15) is 0 Å². The average Bonchev–Trinajstić information content (AvgIpc) is 2.38. The van der Waals surface area contributed by atoms with E-state index in [9.17, 15) is 4.79 Å². The van der Waals surface area contributed by atoms with E-state index in [1.807, 2.05) is 12.1 Å². The maximum Gasteiger partial charge on any atom is 0.354 e. The van der Waals surface area contributed by atoms with Crippen LogP contribution in [0, 0.1) is 0 Å². The summed E-state index contributed by atoms with van der Waals surface area (Å²) in [6, 6.07) is 6.70. The van der Waals surface area contributed by atoms with Crippen LogP contribution in [0.2, 0.25) is 0 Å². The van der Waals surface area contributed by atoms with Gasteiger partial charge in [-0.25, -0.2) is 9.78 Å². The van der Waals surface area contributed by atoms with Crippen molar-refractivity contribution in [1.82, 2.24) is 9.97 Å². The number of rotatable bonds is 4. The minimum atomic E-state index is -1.05. The van der Waals surface area contributed by atoms with E-state index < -0.39 is 5.97 Å². The lowest BCUT2D eigenvalue weighted by Crippen LogP contribution is -2.01. The fourth-order valence-electron chi connectivity index (χ4n) is 1.24. The Hall–Kier alpha value is -2.43. The number of aromatic nitrogens is 2. The number of aromatic carboxylic acids is 1. The number of ether oxygens (including phenoxy) is 1. The van der Waals surface area contributed by atoms with Crippen molar-refractivity contribution >= 4 is 5.97 Å². The number of hydrogen-bond acceptors (Lipinski definition) is 4. The maximum absolute atomic E-state index is 10.6. The normalized spacial score (nSPS) is 9.88. The van der Waals surface area contributed by atoms with Gasteiger partial charge in [-0.05, 0) is 18.2 Å². The van der Waals surface area contributed by atoms with Crippen molar-refractivity contribution in [2.75, 3.05) is 0 Å². The van der Waals surface area contributed by atoms with Crippen LogP contribution in [0.3, 0.4) is 0 Å². The SMILES string of the molecule is O=C(O)c1ccc(OCc2cccnc2)cn1. The summed E-state index contributed by atoms with van der Waals surface area (Å²) >= 11 is 0. The first kappa shape index (κ1) is 11.1. The minimum Gasteiger partial charge on any atom is -0.487 e. The zero-order valence-corrected chi connectivity index (χ0v) is 8.91. The predicted octanol–water partition coefficient (Wildman–Crippen LogP) is 1.75. The van der Waals surface area contributed by atoms with Gasteiger partial charge in [0.2, 0.25) is 0 Å². The molecule has 1 N–H and O–H groups in total. The van der Waals surface area contributed by atoms with Crippen molar-refractivity contribution in [3.05, 3.63) is 54.1 Å². The Labute approximate surface area is 97.7 Å². The van der Waals surface area contributed by atoms with Gasteiger partial charge < -0.3 is 9.84 Å². The van der Waals surface area contributed by atoms with Crippen molar-refractivity contribution in [3.8, 4) is 5.75 Å². The maximum atomic E-state index is 10.6. The summed E-state index contributed by atoms with van der Waals surface area (Å²) in [7, 11) is 0. The standard InChI is InChI=1S/C12H10N2O3/c15-12(16)11-4-3-10(7-14-11)17-8-9-2-1-5-13-6-9/h1-7H,8H2,(H,15,16). The molecule has 2 aromatic heterocycles. The Balaban J connectivity index is 1.98. The Bertz CT molecular complexity index is 497. The Kier molecular flexibility index (Phi) is 3.30. The molecule has 0 aliphatic rings. The van der Waals surface area contributed by atoms with Crippen molar-refractivity contribution < 1.29 is 14.6 Å². The summed E-state index contributed by atoms with van der Waals surface area (Å²) < 4.78 is 5.43. The van der Waals surface area contributed by atoms with Gasteiger partial charge in [0.25, 0.3) is 0 Å². The van der Waals surface area contributed by atoms with Gasteiger partial charge in [0.15, 0.2) is 0 Å². The van der Waals surface area contributed by atoms with Crippen LogP contribution in [0.15, 0.2) is 42.9 Å². The predicted molar refractivity (Wildman–Crippen MR) is 59.8 cm³/mol. The molecule has 0 aliphatic carbocycles. The molecule has 17 heavy (non-hydrogen) atoms. The van der Waals surface area contributed by atoms with E-state index >= 15 is 0 Å². The largest absolute Gasteiger partial charge is 0.487 e. The highest BCUT2D eigenvalue weighted by Gasteiger charge is 2.03. The second-order valence-electron chi connectivity index (χ2n) is 3.33. The quantitative estimate of drug-likeness (QED) is 0.866. The lowest BCUT2D eigenvalue weighted by molar-refractivity contribution is 0.0690. The lowest BCUT2D eigenvalue weighted by Gasteiger charge is -2.05. The third-order valence-electron chi connectivity index (χ3n) is 2.08. The van der Waals surface area contributed by atoms with E-state index in [4.69, 9.17) is 9.84 Å². The van der Waals surface area contributed by atoms with Crippen LogP contribution < -0.4 is 4.74 Å². The molecule has 86 valence electrons. The molecule has 0 atom stereocenters. The van der Waals surface area contributed by atoms with Crippen molar-refractivity contribution in [1.29, 1.82) is 0 Å². The summed E-state index contributed by atoms with van der Waals surface area (Å²) in [6.07, 6.45) is 4.78. The van der Waals surface area contributed by atoms with Gasteiger partial charge in [-0.1, -0.05) is 6.07 Å². The summed E-state index contributed by atoms with van der Waals surface area (Å²) in [6.45, 7) is 0.377. The Morgan fingerprint density at radius 3 is 2.76 bits per heavy atom. The third-order valence-corrected chi connectivity index (χ3v) is 2.08. The number of nitrogens with zero attached hydrogens (tertiary/aromatic N) is 2. The van der Waals surface area contributed by atoms with E-state index in [0.717, 1.165) is 5.56 Å². The van der Waals surface area contributed by atoms with E-state index in [2.05, 4.69) is 9.97 Å². The molecule has 0 saturated heterocycles. The number of pyridine rings is 2. The fraction of sp³-hybridized carbons (Fsp3) is 0.0833. The molecule has 5 nitrogen and oxygen atoms in total. The van der Waals surface area contributed by atoms with E-state index in [0.29, 0.717) is 12.4 Å². The molecule has 0 spiro atoms. The third kappa shape index (κ3) is 3.01. The molecule has 0 radical (unpaired) electrons. The topological polar surface area (TPSA) is 72.3 Å². The van der Waals surface area contributed by atoms with Crippen LogP contribution in [0.5, 0.6) is 5.75 Å². The van der Waals surface area contributed by atoms with Gasteiger partial charge >= 0.3 is 5.97 Å². The molecule has 0 saturated carbocycles. The second-order valence-corrected chi connectivity index (χ2v) is 3.33. The van der Waals surface area contributed by atoms with Crippen LogP contribution in [0.25, 0.3) is 0 Å². The van der Waals surface area contributed by atoms with Crippen molar-refractivity contribution in [2.24, 2.45) is 0 Å². The fourth-order valence-corrected chi connectivity index (χ4v) is 1.24. The first-order valence-corrected chi connectivity index (χ1v) is 4.97. The average molecular weight is 230 g/mol. The van der Waals surface area contributed by atoms with E-state index in [1.165, 1.54) is 12.3 Å². The minimum absolute atomic E-state index is 0.00118. The van der Waals surface area contributed by atoms with E-state index in [-0.39, 0.29) is 5.69 Å². The van der Waals surface area contributed by atoms with Crippen LogP contribution >= 0.6 is 0 Å². The highest BCUT2D eigenvalue weighted by Crippen LogP contribution is 2.11. The van der Waals surface area contributed by atoms with Crippen LogP contribution in [-0.2, 0) is 6.61 Å². The molecule has 5 heteroatoms. The zero-order valence-electron chi connectivity index (χ0n) is 8.91. The highest BCUT2D eigenvalue weighted by atomic mass is 16.5. The van der Waals surface area contributed by atoms with Gasteiger partial charge in [0.1, 0.15) is 18.1 Å². The van der Waals surface area contributed by atoms with Gasteiger partial charge in [0, 0.05) is 18.0 Å². The molecule has 2 rings (SSSR count). The molecular weight excluding hydrogens is 220 g/mol. The zero-order chi connectivity index (χ0) is 12.1. The Morgan fingerprint density at radius 2 is 2.18 bits per heavy atom. The number of hydrogen-bond donors (Lipinski definition) is 1. The van der Waals surface area contributed by atoms with Crippen LogP contribution in [-0.4, -0.2) is 21.0 Å². The number of carbonyl (C=O) groups is 1. The monoisotopic (exact) mass is 230 g/mol. The highest BCUT2D eigenvalue weighted by molar-refractivity contribution is 5.85. The molecule has 2 aromatic rings. The summed E-state index contributed by atoms with van der Waals surface area (Å²) in [4.78, 5) is 18.3. The van der Waals surface area contributed by atoms with Crippen LogP contribution in [0.4, 0.5) is 0 Å². The summed E-state index contributed by atoms with van der Waals surface area (Å²) in [5, 5.41) is 8.67. The lowest BCUT2D eigenvalue weighted by atomic mass is 10.3. The first-order chi connectivity index (χ1) is 8.25. The summed E-state index contributed by atoms with van der Waals surface area (Å²) in [5.41, 5.74) is 0.938. The summed E-state index contributed by atoms with van der Waals surface area (Å²) in [5.74, 6) is -0.525. The van der Waals surface area contributed by atoms with Gasteiger partial charge in [-0.3, -0.25) is 4.98 Å². The van der Waals surface area contributed by atoms with E-state index in [1.54, 1.807) is 18.5 Å². The molecule has 0 bridgehead atoms. The second kappa shape index (κ2) is 5.07. The van der Waals surface area contributed by atoms with Crippen molar-refractivity contribution in [2.45, 2.75) is 6.61 Å². The molecule has 0 fully saturated rings. The number of carboxylic acids is 1. The van der Waals surface area contributed by atoms with Gasteiger partial charge in [-0.15, -0.1) is 0 Å². The first-order valence-electron chi connectivity index (χ1n) is 4.97. The molecular formula is C12H10N2O3. The Morgan fingerprint density at radius 1 is 1.29 bits per heavy atom. The smallest absolute Gasteiger partial charge is 0.354 e. The molecule has 0 unspecified atom stereocenters. The van der Waals surface area contributed by atoms with Gasteiger partial charge in [0.05, 0.1) is 6.20 Å². The molecule has 2 heterocycles. The molecule has 0 aliphatic heterocycles. The van der Waals surface area contributed by atoms with Crippen molar-refractivity contribution in [3.63, 3.8) is 0 Å². The van der Waals surface area contributed by atoms with Crippen LogP contribution in [0.1, 0.15) is 16.1 Å². The number of carboxylic acid groups (broad SMARTS) is 1.